The van der Waals surface area contributed by atoms with E-state index in [1.165, 1.54) is 12.8 Å². The summed E-state index contributed by atoms with van der Waals surface area (Å²) in [6, 6.07) is 15.7. The number of hydrogen-bond donors (Lipinski definition) is 1. The van der Waals surface area contributed by atoms with Crippen LogP contribution in [0.1, 0.15) is 35.0 Å². The number of hydrogen-bond acceptors (Lipinski definition) is 4. The van der Waals surface area contributed by atoms with Crippen molar-refractivity contribution in [2.75, 3.05) is 26.7 Å². The van der Waals surface area contributed by atoms with E-state index in [1.807, 2.05) is 48.5 Å². The molecule has 4 rings (SSSR count). The lowest BCUT2D eigenvalue weighted by atomic mass is 10.0. The third kappa shape index (κ3) is 3.69. The quantitative estimate of drug-likeness (QED) is 0.718. The van der Waals surface area contributed by atoms with E-state index in [1.54, 1.807) is 13.4 Å². The first-order valence-corrected chi connectivity index (χ1v) is 9.38. The van der Waals surface area contributed by atoms with Gasteiger partial charge in [-0.3, -0.25) is 9.69 Å². The van der Waals surface area contributed by atoms with E-state index in [2.05, 4.69) is 10.2 Å². The van der Waals surface area contributed by atoms with Crippen molar-refractivity contribution >= 4 is 16.7 Å². The van der Waals surface area contributed by atoms with Crippen LogP contribution in [-0.4, -0.2) is 37.6 Å². The number of carbonyl (C=O) groups is 1. The van der Waals surface area contributed by atoms with Crippen molar-refractivity contribution < 1.29 is 13.9 Å². The van der Waals surface area contributed by atoms with E-state index in [9.17, 15) is 4.79 Å². The number of benzene rings is 2. The maximum atomic E-state index is 12.9. The van der Waals surface area contributed by atoms with E-state index in [0.29, 0.717) is 17.9 Å². The van der Waals surface area contributed by atoms with Crippen molar-refractivity contribution in [2.45, 2.75) is 18.9 Å². The van der Waals surface area contributed by atoms with Gasteiger partial charge in [-0.1, -0.05) is 24.3 Å². The second kappa shape index (κ2) is 7.84. The predicted molar refractivity (Wildman–Crippen MR) is 105 cm³/mol. The molecule has 140 valence electrons. The average molecular weight is 364 g/mol. The highest BCUT2D eigenvalue weighted by molar-refractivity contribution is 6.01. The van der Waals surface area contributed by atoms with E-state index < -0.39 is 0 Å². The minimum Gasteiger partial charge on any atom is -0.496 e. The molecule has 1 aromatic heterocycles. The molecule has 0 bridgehead atoms. The van der Waals surface area contributed by atoms with Crippen LogP contribution in [0, 0.1) is 0 Å². The lowest BCUT2D eigenvalue weighted by Gasteiger charge is -2.26. The number of carbonyl (C=O) groups excluding carboxylic acids is 1. The molecule has 1 aliphatic rings. The Hall–Kier alpha value is -2.79. The zero-order chi connectivity index (χ0) is 18.6. The van der Waals surface area contributed by atoms with Gasteiger partial charge in [-0.25, -0.2) is 0 Å². The van der Waals surface area contributed by atoms with Crippen LogP contribution in [0.4, 0.5) is 0 Å². The molecule has 1 fully saturated rings. The third-order valence-electron chi connectivity index (χ3n) is 5.22. The highest BCUT2D eigenvalue weighted by atomic mass is 16.5. The van der Waals surface area contributed by atoms with Gasteiger partial charge in [-0.15, -0.1) is 0 Å². The van der Waals surface area contributed by atoms with Crippen molar-refractivity contribution in [2.24, 2.45) is 0 Å². The summed E-state index contributed by atoms with van der Waals surface area (Å²) < 4.78 is 11.1. The Morgan fingerprint density at radius 1 is 1.15 bits per heavy atom. The van der Waals surface area contributed by atoms with E-state index in [0.717, 1.165) is 29.6 Å². The molecular formula is C22H24N2O3. The van der Waals surface area contributed by atoms with Crippen molar-refractivity contribution in [1.82, 2.24) is 10.2 Å². The molecule has 2 heterocycles. The lowest BCUT2D eigenvalue weighted by molar-refractivity contribution is 0.0931. The van der Waals surface area contributed by atoms with Crippen molar-refractivity contribution in [3.05, 3.63) is 66.1 Å². The average Bonchev–Trinajstić information content (AvgIpc) is 3.41. The standard InChI is InChI=1S/C22H24N2O3/c1-26-21-14-17-8-3-2-7-16(17)13-18(21)22(25)23-15-19(20-9-6-12-27-20)24-10-4-5-11-24/h2-3,6-9,12-14,19H,4-5,10-11,15H2,1H3,(H,23,25). The fraction of sp³-hybridized carbons (Fsp3) is 0.318. The molecule has 0 saturated carbocycles. The molecule has 5 heteroatoms. The number of methoxy groups -OCH3 is 1. The van der Waals surface area contributed by atoms with Crippen LogP contribution in [0.3, 0.4) is 0 Å². The molecule has 1 N–H and O–H groups in total. The Kier molecular flexibility index (Phi) is 5.12. The topological polar surface area (TPSA) is 54.7 Å². The summed E-state index contributed by atoms with van der Waals surface area (Å²) in [4.78, 5) is 15.3. The molecule has 0 spiro atoms. The Labute approximate surface area is 158 Å². The molecule has 27 heavy (non-hydrogen) atoms. The fourth-order valence-corrected chi connectivity index (χ4v) is 3.79. The molecule has 2 aromatic carbocycles. The Bertz CT molecular complexity index is 914. The minimum absolute atomic E-state index is 0.0536. The summed E-state index contributed by atoms with van der Waals surface area (Å²) in [7, 11) is 1.59. The maximum absolute atomic E-state index is 12.9. The maximum Gasteiger partial charge on any atom is 0.255 e. The number of likely N-dealkylation sites (tertiary alicyclic amines) is 1. The first-order valence-electron chi connectivity index (χ1n) is 9.38. The van der Waals surface area contributed by atoms with Gasteiger partial charge in [0.15, 0.2) is 0 Å². The van der Waals surface area contributed by atoms with Gasteiger partial charge in [0.05, 0.1) is 25.0 Å². The van der Waals surface area contributed by atoms with Gasteiger partial charge in [-0.05, 0) is 61.0 Å². The summed E-state index contributed by atoms with van der Waals surface area (Å²) in [5.41, 5.74) is 0.552. The smallest absolute Gasteiger partial charge is 0.255 e. The van der Waals surface area contributed by atoms with Crippen LogP contribution in [0.15, 0.2) is 59.2 Å². The fourth-order valence-electron chi connectivity index (χ4n) is 3.79. The van der Waals surface area contributed by atoms with Crippen LogP contribution < -0.4 is 10.1 Å². The number of fused-ring (bicyclic) bond motifs is 1. The highest BCUT2D eigenvalue weighted by Gasteiger charge is 2.26. The number of amides is 1. The van der Waals surface area contributed by atoms with Gasteiger partial charge in [-0.2, -0.15) is 0 Å². The van der Waals surface area contributed by atoms with Gasteiger partial charge in [0.2, 0.25) is 0 Å². The summed E-state index contributed by atoms with van der Waals surface area (Å²) in [6.07, 6.45) is 4.06. The number of nitrogens with one attached hydrogen (secondary N) is 1. The molecule has 1 atom stereocenters. The third-order valence-corrected chi connectivity index (χ3v) is 5.22. The monoisotopic (exact) mass is 364 g/mol. The Morgan fingerprint density at radius 3 is 2.56 bits per heavy atom. The van der Waals surface area contributed by atoms with E-state index in [4.69, 9.17) is 9.15 Å². The molecule has 0 radical (unpaired) electrons. The molecule has 1 unspecified atom stereocenters. The second-order valence-electron chi connectivity index (χ2n) is 6.88. The molecular weight excluding hydrogens is 340 g/mol. The van der Waals surface area contributed by atoms with Gasteiger partial charge >= 0.3 is 0 Å². The predicted octanol–water partition coefficient (Wildman–Crippen LogP) is 4.01. The zero-order valence-electron chi connectivity index (χ0n) is 15.5. The number of nitrogens with zero attached hydrogens (tertiary/aromatic N) is 1. The largest absolute Gasteiger partial charge is 0.496 e. The van der Waals surface area contributed by atoms with Crippen molar-refractivity contribution in [3.8, 4) is 5.75 Å². The summed E-state index contributed by atoms with van der Waals surface area (Å²) in [5.74, 6) is 1.35. The molecule has 0 aliphatic carbocycles. The lowest BCUT2D eigenvalue weighted by Crippen LogP contribution is -2.36. The van der Waals surface area contributed by atoms with Crippen LogP contribution in [0.25, 0.3) is 10.8 Å². The zero-order valence-corrected chi connectivity index (χ0v) is 15.5. The molecule has 1 amide bonds. The summed E-state index contributed by atoms with van der Waals surface area (Å²) in [5, 5.41) is 5.15. The van der Waals surface area contributed by atoms with Gasteiger partial charge in [0.25, 0.3) is 5.91 Å². The van der Waals surface area contributed by atoms with Crippen molar-refractivity contribution in [1.29, 1.82) is 0 Å². The number of furan rings is 1. The summed E-state index contributed by atoms with van der Waals surface area (Å²) >= 11 is 0. The molecule has 3 aromatic rings. The highest BCUT2D eigenvalue weighted by Crippen LogP contribution is 2.27. The van der Waals surface area contributed by atoms with Gasteiger partial charge in [0.1, 0.15) is 11.5 Å². The SMILES string of the molecule is COc1cc2ccccc2cc1C(=O)NCC(c1ccco1)N1CCCC1. The second-order valence-corrected chi connectivity index (χ2v) is 6.88. The first kappa shape index (κ1) is 17.6. The van der Waals surface area contributed by atoms with E-state index in [-0.39, 0.29) is 11.9 Å². The van der Waals surface area contributed by atoms with Crippen LogP contribution in [-0.2, 0) is 0 Å². The molecule has 5 nitrogen and oxygen atoms in total. The number of rotatable bonds is 6. The van der Waals surface area contributed by atoms with Crippen LogP contribution in [0.2, 0.25) is 0 Å². The van der Waals surface area contributed by atoms with Crippen molar-refractivity contribution in [3.63, 3.8) is 0 Å². The van der Waals surface area contributed by atoms with Gasteiger partial charge < -0.3 is 14.5 Å². The van der Waals surface area contributed by atoms with Crippen LogP contribution >= 0.6 is 0 Å². The first-order chi connectivity index (χ1) is 13.3. The minimum atomic E-state index is -0.131. The normalized spacial score (nSPS) is 15.7. The van der Waals surface area contributed by atoms with E-state index >= 15 is 0 Å². The van der Waals surface area contributed by atoms with Crippen LogP contribution in [0.5, 0.6) is 5.75 Å². The Balaban J connectivity index is 1.55. The summed E-state index contributed by atoms with van der Waals surface area (Å²) in [6.45, 7) is 2.56. The van der Waals surface area contributed by atoms with Gasteiger partial charge in [0, 0.05) is 6.54 Å². The Morgan fingerprint density at radius 2 is 1.89 bits per heavy atom. The molecule has 1 saturated heterocycles. The molecule has 1 aliphatic heterocycles. The number of ether oxygens (including phenoxy) is 1.